The summed E-state index contributed by atoms with van der Waals surface area (Å²) in [5, 5.41) is 0. The van der Waals surface area contributed by atoms with Crippen molar-refractivity contribution in [2.75, 3.05) is 13.7 Å². The summed E-state index contributed by atoms with van der Waals surface area (Å²) in [6.45, 7) is 0.405. The topological polar surface area (TPSA) is 57.4 Å². The molecular formula is C16H15FN2O2. The molecule has 2 rings (SSSR count). The van der Waals surface area contributed by atoms with Gasteiger partial charge in [0.15, 0.2) is 11.6 Å². The molecule has 0 radical (unpaired) electrons. The van der Waals surface area contributed by atoms with Gasteiger partial charge in [-0.1, -0.05) is 11.8 Å². The lowest BCUT2D eigenvalue weighted by molar-refractivity contribution is 0.280. The van der Waals surface area contributed by atoms with Crippen LogP contribution in [0.3, 0.4) is 0 Å². The van der Waals surface area contributed by atoms with Crippen LogP contribution < -0.4 is 15.2 Å². The molecule has 21 heavy (non-hydrogen) atoms. The number of ether oxygens (including phenoxy) is 2. The van der Waals surface area contributed by atoms with Gasteiger partial charge in [-0.2, -0.15) is 0 Å². The molecule has 0 amide bonds. The Bertz CT molecular complexity index is 677. The van der Waals surface area contributed by atoms with Crippen molar-refractivity contribution in [3.63, 3.8) is 0 Å². The molecule has 0 aliphatic carbocycles. The normalized spacial score (nSPS) is 9.67. The molecule has 4 nitrogen and oxygen atoms in total. The van der Waals surface area contributed by atoms with Gasteiger partial charge in [0.25, 0.3) is 0 Å². The zero-order valence-electron chi connectivity index (χ0n) is 11.6. The van der Waals surface area contributed by atoms with Crippen LogP contribution in [0.2, 0.25) is 0 Å². The van der Waals surface area contributed by atoms with Gasteiger partial charge in [-0.15, -0.1) is 0 Å². The molecule has 0 fully saturated rings. The summed E-state index contributed by atoms with van der Waals surface area (Å²) in [5.41, 5.74) is 6.69. The van der Waals surface area contributed by atoms with Gasteiger partial charge in [0.1, 0.15) is 6.61 Å². The second-order valence-corrected chi connectivity index (χ2v) is 4.11. The average Bonchev–Trinajstić information content (AvgIpc) is 2.53. The number of pyridine rings is 1. The van der Waals surface area contributed by atoms with E-state index in [1.807, 2.05) is 6.07 Å². The highest BCUT2D eigenvalue weighted by Crippen LogP contribution is 2.22. The van der Waals surface area contributed by atoms with Crippen molar-refractivity contribution in [1.29, 1.82) is 0 Å². The molecule has 108 valence electrons. The number of halogens is 1. The molecule has 2 aromatic rings. The van der Waals surface area contributed by atoms with Gasteiger partial charge < -0.3 is 15.2 Å². The maximum atomic E-state index is 13.7. The Kier molecular flexibility index (Phi) is 5.13. The molecule has 0 aliphatic rings. The van der Waals surface area contributed by atoms with E-state index in [0.717, 1.165) is 5.56 Å². The fourth-order valence-electron chi connectivity index (χ4n) is 1.72. The van der Waals surface area contributed by atoms with E-state index >= 15 is 0 Å². The maximum absolute atomic E-state index is 13.7. The third-order valence-electron chi connectivity index (χ3n) is 2.69. The van der Waals surface area contributed by atoms with Crippen LogP contribution in [0.15, 0.2) is 36.5 Å². The number of methoxy groups -OCH3 is 1. The molecule has 0 bridgehead atoms. The summed E-state index contributed by atoms with van der Waals surface area (Å²) in [7, 11) is 1.52. The molecule has 5 heteroatoms. The number of hydrogen-bond donors (Lipinski definition) is 1. The summed E-state index contributed by atoms with van der Waals surface area (Å²) in [6, 6.07) is 8.01. The van der Waals surface area contributed by atoms with E-state index < -0.39 is 5.82 Å². The van der Waals surface area contributed by atoms with Gasteiger partial charge in [-0.05, 0) is 30.3 Å². The van der Waals surface area contributed by atoms with Gasteiger partial charge >= 0.3 is 0 Å². The molecule has 2 N–H and O–H groups in total. The second kappa shape index (κ2) is 7.27. The van der Waals surface area contributed by atoms with Crippen molar-refractivity contribution in [2.24, 2.45) is 5.73 Å². The number of nitrogens with two attached hydrogens (primary N) is 1. The third kappa shape index (κ3) is 3.94. The average molecular weight is 286 g/mol. The van der Waals surface area contributed by atoms with Gasteiger partial charge in [-0.3, -0.25) is 0 Å². The summed E-state index contributed by atoms with van der Waals surface area (Å²) in [5.74, 6) is 5.68. The summed E-state index contributed by atoms with van der Waals surface area (Å²) < 4.78 is 24.3. The van der Waals surface area contributed by atoms with E-state index in [4.69, 9.17) is 15.2 Å². The highest BCUT2D eigenvalue weighted by atomic mass is 19.1. The lowest BCUT2D eigenvalue weighted by Gasteiger charge is -2.10. The van der Waals surface area contributed by atoms with Crippen molar-refractivity contribution < 1.29 is 13.9 Å². The number of nitrogens with zero attached hydrogens (tertiary/aromatic N) is 1. The maximum Gasteiger partial charge on any atom is 0.219 e. The van der Waals surface area contributed by atoms with E-state index in [0.29, 0.717) is 11.4 Å². The van der Waals surface area contributed by atoms with Crippen LogP contribution in [-0.4, -0.2) is 18.6 Å². The van der Waals surface area contributed by atoms with Crippen LogP contribution in [0.1, 0.15) is 11.1 Å². The molecule has 0 saturated carbocycles. The number of benzene rings is 1. The van der Waals surface area contributed by atoms with Crippen molar-refractivity contribution in [3.05, 3.63) is 53.5 Å². The first-order valence-corrected chi connectivity index (χ1v) is 6.33. The Balaban J connectivity index is 2.15. The van der Waals surface area contributed by atoms with E-state index in [-0.39, 0.29) is 18.9 Å². The van der Waals surface area contributed by atoms with Crippen LogP contribution in [0.5, 0.6) is 11.6 Å². The summed E-state index contributed by atoms with van der Waals surface area (Å²) >= 11 is 0. The number of aromatic nitrogens is 1. The number of hydrogen-bond acceptors (Lipinski definition) is 4. The monoisotopic (exact) mass is 286 g/mol. The van der Waals surface area contributed by atoms with Gasteiger partial charge in [0, 0.05) is 11.8 Å². The molecular weight excluding hydrogens is 271 g/mol. The molecule has 1 aromatic heterocycles. The van der Waals surface area contributed by atoms with Crippen molar-refractivity contribution in [1.82, 2.24) is 4.98 Å². The lowest BCUT2D eigenvalue weighted by atomic mass is 10.2. The third-order valence-corrected chi connectivity index (χ3v) is 2.69. The molecule has 1 heterocycles. The zero-order valence-corrected chi connectivity index (χ0v) is 11.6. The minimum atomic E-state index is -0.448. The predicted octanol–water partition coefficient (Wildman–Crippen LogP) is 2.12. The summed E-state index contributed by atoms with van der Waals surface area (Å²) in [4.78, 5) is 4.06. The van der Waals surface area contributed by atoms with Gasteiger partial charge in [0.2, 0.25) is 5.88 Å². The fraction of sp³-hybridized carbons (Fsp3) is 0.188. The van der Waals surface area contributed by atoms with Gasteiger partial charge in [0.05, 0.1) is 19.2 Å². The molecule has 0 saturated heterocycles. The summed E-state index contributed by atoms with van der Waals surface area (Å²) in [6.07, 6.45) is 1.62. The van der Waals surface area contributed by atoms with Crippen LogP contribution >= 0.6 is 0 Å². The first kappa shape index (κ1) is 14.8. The Morgan fingerprint density at radius 2 is 2.19 bits per heavy atom. The quantitative estimate of drug-likeness (QED) is 0.875. The Morgan fingerprint density at radius 3 is 2.95 bits per heavy atom. The van der Waals surface area contributed by atoms with Crippen LogP contribution in [0.4, 0.5) is 4.39 Å². The first-order chi connectivity index (χ1) is 10.2. The fourth-order valence-corrected chi connectivity index (χ4v) is 1.72. The molecule has 0 spiro atoms. The smallest absolute Gasteiger partial charge is 0.219 e. The van der Waals surface area contributed by atoms with Crippen molar-refractivity contribution in [2.45, 2.75) is 6.61 Å². The van der Waals surface area contributed by atoms with E-state index in [9.17, 15) is 4.39 Å². The number of rotatable bonds is 4. The predicted molar refractivity (Wildman–Crippen MR) is 77.5 cm³/mol. The van der Waals surface area contributed by atoms with Crippen LogP contribution in [0, 0.1) is 17.7 Å². The van der Waals surface area contributed by atoms with E-state index in [1.165, 1.54) is 13.2 Å². The van der Waals surface area contributed by atoms with E-state index in [1.54, 1.807) is 24.4 Å². The molecule has 0 aliphatic heterocycles. The standard InChI is InChI=1S/C16H15FN2O2/c1-20-16-13(5-3-9-19-16)11-21-15-10-12(4-2-8-18)6-7-14(15)17/h3,5-7,9-10H,8,11,18H2,1H3. The first-order valence-electron chi connectivity index (χ1n) is 6.33. The molecule has 1 aromatic carbocycles. The van der Waals surface area contributed by atoms with Crippen LogP contribution in [-0.2, 0) is 6.61 Å². The minimum absolute atomic E-state index is 0.129. The van der Waals surface area contributed by atoms with Gasteiger partial charge in [-0.25, -0.2) is 9.37 Å². The zero-order chi connectivity index (χ0) is 15.1. The lowest BCUT2D eigenvalue weighted by Crippen LogP contribution is -2.01. The highest BCUT2D eigenvalue weighted by Gasteiger charge is 2.08. The largest absolute Gasteiger partial charge is 0.486 e. The Hall–Kier alpha value is -2.58. The molecule has 0 unspecified atom stereocenters. The van der Waals surface area contributed by atoms with Crippen molar-refractivity contribution >= 4 is 0 Å². The Morgan fingerprint density at radius 1 is 1.33 bits per heavy atom. The SMILES string of the molecule is COc1ncccc1COc1cc(C#CCN)ccc1F. The molecule has 0 atom stereocenters. The Labute approximate surface area is 122 Å². The van der Waals surface area contributed by atoms with Crippen molar-refractivity contribution in [3.8, 4) is 23.5 Å². The van der Waals surface area contributed by atoms with E-state index in [2.05, 4.69) is 16.8 Å². The second-order valence-electron chi connectivity index (χ2n) is 4.11. The minimum Gasteiger partial charge on any atom is -0.486 e. The highest BCUT2D eigenvalue weighted by molar-refractivity contribution is 5.41. The van der Waals surface area contributed by atoms with Crippen LogP contribution in [0.25, 0.3) is 0 Å².